The van der Waals surface area contributed by atoms with Crippen molar-refractivity contribution in [3.8, 4) is 11.5 Å². The number of fused-ring (bicyclic) bond motifs is 1. The molecule has 0 spiro atoms. The first-order valence-electron chi connectivity index (χ1n) is 10.6. The quantitative estimate of drug-likeness (QED) is 0.793. The molecule has 2 aromatic rings. The van der Waals surface area contributed by atoms with Gasteiger partial charge in [-0.25, -0.2) is 0 Å². The van der Waals surface area contributed by atoms with Crippen LogP contribution in [0.2, 0.25) is 0 Å². The number of nitrogens with one attached hydrogen (secondary N) is 1. The number of rotatable bonds is 5. The van der Waals surface area contributed by atoms with Crippen LogP contribution in [0.1, 0.15) is 43.2 Å². The third-order valence-corrected chi connectivity index (χ3v) is 6.19. The van der Waals surface area contributed by atoms with Crippen LogP contribution in [0.4, 0.5) is 11.4 Å². The van der Waals surface area contributed by atoms with E-state index >= 15 is 0 Å². The van der Waals surface area contributed by atoms with Crippen LogP contribution in [0.15, 0.2) is 36.4 Å². The van der Waals surface area contributed by atoms with Crippen LogP contribution in [0.3, 0.4) is 0 Å². The minimum Gasteiger partial charge on any atom is -0.493 e. The summed E-state index contributed by atoms with van der Waals surface area (Å²) >= 11 is 0. The fourth-order valence-corrected chi connectivity index (χ4v) is 4.47. The van der Waals surface area contributed by atoms with E-state index in [2.05, 4.69) is 34.5 Å². The molecule has 1 aliphatic carbocycles. The lowest BCUT2D eigenvalue weighted by Gasteiger charge is -2.31. The molecule has 1 N–H and O–H groups in total. The summed E-state index contributed by atoms with van der Waals surface area (Å²) in [4.78, 5) is 14.8. The van der Waals surface area contributed by atoms with E-state index in [1.54, 1.807) is 14.2 Å². The van der Waals surface area contributed by atoms with Gasteiger partial charge < -0.3 is 19.7 Å². The van der Waals surface area contributed by atoms with Gasteiger partial charge in [-0.2, -0.15) is 0 Å². The topological polar surface area (TPSA) is 50.8 Å². The molecule has 0 bridgehead atoms. The Hall–Kier alpha value is -2.69. The van der Waals surface area contributed by atoms with Gasteiger partial charge in [0.05, 0.1) is 14.2 Å². The number of methoxy groups -OCH3 is 2. The summed E-state index contributed by atoms with van der Waals surface area (Å²) in [6.45, 7) is 1.79. The van der Waals surface area contributed by atoms with Crippen molar-refractivity contribution in [1.82, 2.24) is 0 Å². The monoisotopic (exact) mass is 394 g/mol. The first kappa shape index (κ1) is 19.6. The summed E-state index contributed by atoms with van der Waals surface area (Å²) in [6, 6.07) is 12.4. The lowest BCUT2D eigenvalue weighted by molar-refractivity contribution is -0.120. The van der Waals surface area contributed by atoms with Gasteiger partial charge in [-0.15, -0.1) is 0 Å². The van der Waals surface area contributed by atoms with Crippen LogP contribution in [-0.4, -0.2) is 26.7 Å². The molecular formula is C24H30N2O3. The number of nitrogens with zero attached hydrogens (tertiary/aromatic N) is 1. The number of amides is 1. The van der Waals surface area contributed by atoms with Crippen molar-refractivity contribution in [3.05, 3.63) is 47.5 Å². The number of carbonyl (C=O) groups is 1. The first-order valence-corrected chi connectivity index (χ1v) is 10.6. The fraction of sp³-hybridized carbons (Fsp3) is 0.458. The molecule has 0 atom stereocenters. The minimum absolute atomic E-state index is 0.172. The fourth-order valence-electron chi connectivity index (χ4n) is 4.47. The summed E-state index contributed by atoms with van der Waals surface area (Å²) < 4.78 is 10.9. The first-order chi connectivity index (χ1) is 14.2. The summed E-state index contributed by atoms with van der Waals surface area (Å²) in [6.07, 6.45) is 6.61. The molecule has 2 aliphatic rings. The van der Waals surface area contributed by atoms with Gasteiger partial charge in [-0.3, -0.25) is 4.79 Å². The van der Waals surface area contributed by atoms with Gasteiger partial charge in [0.15, 0.2) is 11.5 Å². The van der Waals surface area contributed by atoms with E-state index < -0.39 is 0 Å². The van der Waals surface area contributed by atoms with Crippen molar-refractivity contribution in [2.45, 2.75) is 45.1 Å². The van der Waals surface area contributed by atoms with E-state index in [-0.39, 0.29) is 11.8 Å². The second-order valence-corrected chi connectivity index (χ2v) is 8.02. The predicted octanol–water partition coefficient (Wildman–Crippen LogP) is 4.79. The second-order valence-electron chi connectivity index (χ2n) is 8.02. The summed E-state index contributed by atoms with van der Waals surface area (Å²) in [5, 5.41) is 3.10. The number of hydrogen-bond acceptors (Lipinski definition) is 4. The number of carbonyl (C=O) groups excluding carboxylic acids is 1. The van der Waals surface area contributed by atoms with Crippen LogP contribution in [-0.2, 0) is 17.8 Å². The summed E-state index contributed by atoms with van der Waals surface area (Å²) in [5.74, 6) is 1.91. The smallest absolute Gasteiger partial charge is 0.227 e. The van der Waals surface area contributed by atoms with Crippen LogP contribution in [0.25, 0.3) is 0 Å². The van der Waals surface area contributed by atoms with Crippen molar-refractivity contribution in [1.29, 1.82) is 0 Å². The molecule has 1 fully saturated rings. The van der Waals surface area contributed by atoms with Crippen LogP contribution in [0.5, 0.6) is 11.5 Å². The largest absolute Gasteiger partial charge is 0.493 e. The molecular weight excluding hydrogens is 364 g/mol. The molecule has 1 saturated carbocycles. The number of hydrogen-bond donors (Lipinski definition) is 1. The van der Waals surface area contributed by atoms with Crippen LogP contribution in [0, 0.1) is 5.92 Å². The zero-order chi connectivity index (χ0) is 20.2. The van der Waals surface area contributed by atoms with Crippen molar-refractivity contribution < 1.29 is 14.3 Å². The highest BCUT2D eigenvalue weighted by atomic mass is 16.5. The molecule has 0 saturated heterocycles. The van der Waals surface area contributed by atoms with Gasteiger partial charge in [-0.1, -0.05) is 19.3 Å². The predicted molar refractivity (Wildman–Crippen MR) is 116 cm³/mol. The highest BCUT2D eigenvalue weighted by Gasteiger charge is 2.22. The van der Waals surface area contributed by atoms with Crippen molar-refractivity contribution in [3.63, 3.8) is 0 Å². The SMILES string of the molecule is COc1cc2c(cc1OC)CN(c1ccc(NC(=O)C3CCCCC3)cc1)CC2. The van der Waals surface area contributed by atoms with Crippen molar-refractivity contribution in [2.24, 2.45) is 5.92 Å². The van der Waals surface area contributed by atoms with Gasteiger partial charge >= 0.3 is 0 Å². The third kappa shape index (κ3) is 4.34. The molecule has 1 aliphatic heterocycles. The lowest BCUT2D eigenvalue weighted by atomic mass is 9.88. The lowest BCUT2D eigenvalue weighted by Crippen LogP contribution is -2.30. The number of ether oxygens (including phenoxy) is 2. The molecule has 4 rings (SSSR count). The average molecular weight is 395 g/mol. The van der Waals surface area contributed by atoms with Gasteiger partial charge in [-0.05, 0) is 66.8 Å². The zero-order valence-electron chi connectivity index (χ0n) is 17.4. The van der Waals surface area contributed by atoms with Crippen LogP contribution >= 0.6 is 0 Å². The van der Waals surface area contributed by atoms with Gasteiger partial charge in [0.1, 0.15) is 0 Å². The normalized spacial score (nSPS) is 16.8. The zero-order valence-corrected chi connectivity index (χ0v) is 17.4. The van der Waals surface area contributed by atoms with E-state index in [0.717, 1.165) is 49.5 Å². The van der Waals surface area contributed by atoms with E-state index in [0.29, 0.717) is 0 Å². The van der Waals surface area contributed by atoms with Gasteiger partial charge in [0.25, 0.3) is 0 Å². The Kier molecular flexibility index (Phi) is 5.93. The average Bonchev–Trinajstić information content (AvgIpc) is 2.78. The van der Waals surface area contributed by atoms with E-state index in [1.165, 1.54) is 36.1 Å². The molecule has 1 amide bonds. The van der Waals surface area contributed by atoms with Crippen molar-refractivity contribution >= 4 is 17.3 Å². The molecule has 5 heteroatoms. The van der Waals surface area contributed by atoms with Gasteiger partial charge in [0.2, 0.25) is 5.91 Å². The Labute approximate surface area is 173 Å². The summed E-state index contributed by atoms with van der Waals surface area (Å²) in [7, 11) is 3.35. The summed E-state index contributed by atoms with van der Waals surface area (Å²) in [5.41, 5.74) is 4.63. The Morgan fingerprint density at radius 1 is 0.966 bits per heavy atom. The highest BCUT2D eigenvalue weighted by Crippen LogP contribution is 2.34. The Morgan fingerprint density at radius 3 is 2.28 bits per heavy atom. The maximum Gasteiger partial charge on any atom is 0.227 e. The molecule has 5 nitrogen and oxygen atoms in total. The molecule has 29 heavy (non-hydrogen) atoms. The molecule has 0 radical (unpaired) electrons. The Bertz CT molecular complexity index is 857. The molecule has 1 heterocycles. The van der Waals surface area contributed by atoms with E-state index in [1.807, 2.05) is 12.1 Å². The van der Waals surface area contributed by atoms with Crippen molar-refractivity contribution in [2.75, 3.05) is 31.0 Å². The molecule has 0 aromatic heterocycles. The standard InChI is InChI=1S/C24H30N2O3/c1-28-22-14-18-12-13-26(16-19(18)15-23(22)29-2)21-10-8-20(9-11-21)25-24(27)17-6-4-3-5-7-17/h8-11,14-15,17H,3-7,12-13,16H2,1-2H3,(H,25,27). The molecule has 2 aromatic carbocycles. The van der Waals surface area contributed by atoms with Gasteiger partial charge in [0, 0.05) is 30.4 Å². The van der Waals surface area contributed by atoms with E-state index in [4.69, 9.17) is 9.47 Å². The Balaban J connectivity index is 1.42. The number of anilines is 2. The highest BCUT2D eigenvalue weighted by molar-refractivity contribution is 5.92. The Morgan fingerprint density at radius 2 is 1.62 bits per heavy atom. The third-order valence-electron chi connectivity index (χ3n) is 6.19. The van der Waals surface area contributed by atoms with E-state index in [9.17, 15) is 4.79 Å². The molecule has 0 unspecified atom stereocenters. The number of benzene rings is 2. The van der Waals surface area contributed by atoms with Crippen LogP contribution < -0.4 is 19.7 Å². The maximum absolute atomic E-state index is 12.5. The molecule has 154 valence electrons. The second kappa shape index (κ2) is 8.76. The maximum atomic E-state index is 12.5. The minimum atomic E-state index is 0.172.